The Hall–Kier alpha value is -2.73. The van der Waals surface area contributed by atoms with Crippen LogP contribution in [0.5, 0.6) is 11.5 Å². The second kappa shape index (κ2) is 7.03. The van der Waals surface area contributed by atoms with Gasteiger partial charge in [0.1, 0.15) is 16.5 Å². The van der Waals surface area contributed by atoms with Gasteiger partial charge in [-0.1, -0.05) is 0 Å². The predicted octanol–water partition coefficient (Wildman–Crippen LogP) is 4.43. The van der Waals surface area contributed by atoms with Crippen LogP contribution >= 0.6 is 11.3 Å². The van der Waals surface area contributed by atoms with E-state index in [1.54, 1.807) is 43.8 Å². The summed E-state index contributed by atoms with van der Waals surface area (Å²) in [6, 6.07) is 9.19. The van der Waals surface area contributed by atoms with Crippen molar-refractivity contribution in [2.24, 2.45) is 0 Å². The lowest BCUT2D eigenvalue weighted by atomic mass is 10.1. The molecule has 3 aromatic rings. The van der Waals surface area contributed by atoms with Gasteiger partial charge in [-0.25, -0.2) is 0 Å². The van der Waals surface area contributed by atoms with Crippen LogP contribution in [0.2, 0.25) is 0 Å². The summed E-state index contributed by atoms with van der Waals surface area (Å²) in [5.74, 6) is 1.10. The molecule has 0 aliphatic carbocycles. The van der Waals surface area contributed by atoms with Crippen molar-refractivity contribution in [2.45, 2.75) is 13.8 Å². The Morgan fingerprint density at radius 3 is 2.20 bits per heavy atom. The van der Waals surface area contributed by atoms with E-state index in [0.717, 1.165) is 15.4 Å². The van der Waals surface area contributed by atoms with E-state index >= 15 is 0 Å². The zero-order valence-corrected chi connectivity index (χ0v) is 15.4. The van der Waals surface area contributed by atoms with Crippen LogP contribution < -0.4 is 14.8 Å². The number of hydrogen-bond donors (Lipinski definition) is 1. The number of thiophene rings is 1. The largest absolute Gasteiger partial charge is 0.497 e. The first-order valence-corrected chi connectivity index (χ1v) is 8.63. The van der Waals surface area contributed by atoms with E-state index in [-0.39, 0.29) is 5.91 Å². The number of methoxy groups -OCH3 is 2. The third-order valence-corrected chi connectivity index (χ3v) is 5.26. The number of nitrogens with one attached hydrogen (secondary N) is 1. The molecule has 2 heterocycles. The van der Waals surface area contributed by atoms with Crippen LogP contribution in [0.3, 0.4) is 0 Å². The average Bonchev–Trinajstić information content (AvgIpc) is 3.23. The quantitative estimate of drug-likeness (QED) is 0.736. The van der Waals surface area contributed by atoms with Gasteiger partial charge in [-0.2, -0.15) is 0 Å². The molecular weight excluding hydrogens is 336 g/mol. The molecule has 0 radical (unpaired) electrons. The Balaban J connectivity index is 1.97. The molecule has 1 N–H and O–H groups in total. The second-order valence-corrected chi connectivity index (χ2v) is 6.81. The van der Waals surface area contributed by atoms with Crippen molar-refractivity contribution < 1.29 is 14.3 Å². The molecule has 0 aliphatic rings. The van der Waals surface area contributed by atoms with Crippen LogP contribution in [0.1, 0.15) is 20.8 Å². The smallest absolute Gasteiger partial charge is 0.258 e. The number of carbonyl (C=O) groups excluding carboxylic acids is 1. The van der Waals surface area contributed by atoms with E-state index in [2.05, 4.69) is 5.32 Å². The first-order valence-electron chi connectivity index (χ1n) is 7.81. The van der Waals surface area contributed by atoms with Crippen molar-refractivity contribution in [1.82, 2.24) is 4.57 Å². The molecule has 0 bridgehead atoms. The topological polar surface area (TPSA) is 52.5 Å². The minimum atomic E-state index is -0.152. The fraction of sp³-hybridized carbons (Fsp3) is 0.211. The Morgan fingerprint density at radius 1 is 1.04 bits per heavy atom. The van der Waals surface area contributed by atoms with Crippen LogP contribution in [0.25, 0.3) is 5.00 Å². The number of benzene rings is 1. The molecule has 1 aromatic carbocycles. The molecule has 5 nitrogen and oxygen atoms in total. The summed E-state index contributed by atoms with van der Waals surface area (Å²) in [6.07, 6.45) is 3.88. The SMILES string of the molecule is COc1cc(NC(=O)c2c(-n3cccc3)sc(C)c2C)cc(OC)c1. The highest BCUT2D eigenvalue weighted by Gasteiger charge is 2.21. The molecule has 0 fully saturated rings. The number of hydrogen-bond acceptors (Lipinski definition) is 4. The van der Waals surface area contributed by atoms with E-state index in [9.17, 15) is 4.79 Å². The van der Waals surface area contributed by atoms with Crippen molar-refractivity contribution in [2.75, 3.05) is 19.5 Å². The number of aryl methyl sites for hydroxylation is 1. The van der Waals surface area contributed by atoms with Crippen molar-refractivity contribution in [3.05, 3.63) is 58.7 Å². The summed E-state index contributed by atoms with van der Waals surface area (Å²) < 4.78 is 12.5. The minimum Gasteiger partial charge on any atom is -0.497 e. The molecule has 3 rings (SSSR count). The fourth-order valence-corrected chi connectivity index (χ4v) is 3.72. The number of nitrogens with zero attached hydrogens (tertiary/aromatic N) is 1. The highest BCUT2D eigenvalue weighted by molar-refractivity contribution is 7.15. The number of anilines is 1. The lowest BCUT2D eigenvalue weighted by Gasteiger charge is -2.11. The Morgan fingerprint density at radius 2 is 1.64 bits per heavy atom. The monoisotopic (exact) mass is 356 g/mol. The molecule has 6 heteroatoms. The van der Waals surface area contributed by atoms with Gasteiger partial charge in [-0.05, 0) is 31.5 Å². The van der Waals surface area contributed by atoms with E-state index in [1.165, 1.54) is 0 Å². The zero-order valence-electron chi connectivity index (χ0n) is 14.6. The van der Waals surface area contributed by atoms with Crippen LogP contribution in [-0.2, 0) is 0 Å². The molecule has 25 heavy (non-hydrogen) atoms. The number of amides is 1. The van der Waals surface area contributed by atoms with Crippen molar-refractivity contribution in [3.8, 4) is 16.5 Å². The minimum absolute atomic E-state index is 0.152. The summed E-state index contributed by atoms with van der Waals surface area (Å²) in [5, 5.41) is 3.87. The van der Waals surface area contributed by atoms with E-state index in [1.807, 2.05) is 42.9 Å². The van der Waals surface area contributed by atoms with Gasteiger partial charge in [0.25, 0.3) is 5.91 Å². The first-order chi connectivity index (χ1) is 12.0. The summed E-state index contributed by atoms with van der Waals surface area (Å²) >= 11 is 1.61. The van der Waals surface area contributed by atoms with Crippen LogP contribution in [0.4, 0.5) is 5.69 Å². The molecular formula is C19H20N2O3S. The molecule has 0 unspecified atom stereocenters. The highest BCUT2D eigenvalue weighted by Crippen LogP contribution is 2.32. The standard InChI is InChI=1S/C19H20N2O3S/c1-12-13(2)25-19(21-7-5-6-8-21)17(12)18(22)20-14-9-15(23-3)11-16(10-14)24-4/h5-11H,1-4H3,(H,20,22). The molecule has 130 valence electrons. The maximum absolute atomic E-state index is 13.0. The third kappa shape index (κ3) is 3.39. The molecule has 2 aromatic heterocycles. The molecule has 0 saturated carbocycles. The molecule has 1 amide bonds. The number of rotatable bonds is 5. The van der Waals surface area contributed by atoms with E-state index in [0.29, 0.717) is 22.7 Å². The number of aromatic nitrogens is 1. The van der Waals surface area contributed by atoms with Gasteiger partial charge >= 0.3 is 0 Å². The van der Waals surface area contributed by atoms with Crippen molar-refractivity contribution in [3.63, 3.8) is 0 Å². The molecule has 0 aliphatic heterocycles. The summed E-state index contributed by atoms with van der Waals surface area (Å²) in [7, 11) is 3.16. The molecule has 0 saturated heterocycles. The second-order valence-electron chi connectivity index (χ2n) is 5.61. The summed E-state index contributed by atoms with van der Waals surface area (Å²) in [5.41, 5.74) is 2.30. The Bertz CT molecular complexity index is 876. The average molecular weight is 356 g/mol. The van der Waals surface area contributed by atoms with Gasteiger partial charge in [0.15, 0.2) is 0 Å². The van der Waals surface area contributed by atoms with Gasteiger partial charge in [0.2, 0.25) is 0 Å². The van der Waals surface area contributed by atoms with Gasteiger partial charge in [-0.15, -0.1) is 11.3 Å². The third-order valence-electron chi connectivity index (χ3n) is 4.04. The van der Waals surface area contributed by atoms with E-state index in [4.69, 9.17) is 9.47 Å². The van der Waals surface area contributed by atoms with Crippen LogP contribution in [0.15, 0.2) is 42.7 Å². The Kier molecular flexibility index (Phi) is 4.81. The molecule has 0 atom stereocenters. The lowest BCUT2D eigenvalue weighted by molar-refractivity contribution is 0.102. The van der Waals surface area contributed by atoms with Crippen molar-refractivity contribution >= 4 is 22.9 Å². The van der Waals surface area contributed by atoms with Crippen LogP contribution in [0, 0.1) is 13.8 Å². The Labute approximate surface area is 150 Å². The van der Waals surface area contributed by atoms with Crippen LogP contribution in [-0.4, -0.2) is 24.7 Å². The van der Waals surface area contributed by atoms with Gasteiger partial charge < -0.3 is 19.4 Å². The van der Waals surface area contributed by atoms with E-state index < -0.39 is 0 Å². The number of ether oxygens (including phenoxy) is 2. The van der Waals surface area contributed by atoms with Gasteiger partial charge in [-0.3, -0.25) is 4.79 Å². The maximum atomic E-state index is 13.0. The maximum Gasteiger partial charge on any atom is 0.258 e. The summed E-state index contributed by atoms with van der Waals surface area (Å²) in [4.78, 5) is 14.1. The van der Waals surface area contributed by atoms with Gasteiger partial charge in [0.05, 0.1) is 19.8 Å². The lowest BCUT2D eigenvalue weighted by Crippen LogP contribution is -2.14. The van der Waals surface area contributed by atoms with Gasteiger partial charge in [0, 0.05) is 41.2 Å². The first kappa shape index (κ1) is 17.1. The zero-order chi connectivity index (χ0) is 18.0. The molecule has 0 spiro atoms. The highest BCUT2D eigenvalue weighted by atomic mass is 32.1. The number of carbonyl (C=O) groups is 1. The normalized spacial score (nSPS) is 10.6. The predicted molar refractivity (Wildman–Crippen MR) is 101 cm³/mol. The fourth-order valence-electron chi connectivity index (χ4n) is 2.60. The summed E-state index contributed by atoms with van der Waals surface area (Å²) in [6.45, 7) is 4.00. The van der Waals surface area contributed by atoms with Crippen molar-refractivity contribution in [1.29, 1.82) is 0 Å².